The summed E-state index contributed by atoms with van der Waals surface area (Å²) in [5.41, 5.74) is 2.24. The normalized spacial score (nSPS) is 15.9. The molecule has 0 unspecified atom stereocenters. The highest BCUT2D eigenvalue weighted by Crippen LogP contribution is 2.24. The average Bonchev–Trinajstić information content (AvgIpc) is 2.98. The molecule has 3 N–H and O–H groups in total. The van der Waals surface area contributed by atoms with E-state index in [1.54, 1.807) is 0 Å². The molecule has 1 aromatic carbocycles. The smallest absolute Gasteiger partial charge is 0.276 e. The molecule has 1 saturated heterocycles. The van der Waals surface area contributed by atoms with Crippen molar-refractivity contribution in [1.29, 1.82) is 0 Å². The van der Waals surface area contributed by atoms with Crippen molar-refractivity contribution in [2.75, 3.05) is 18.4 Å². The number of piperidine rings is 1. The Balaban J connectivity index is 1.69. The van der Waals surface area contributed by atoms with Crippen molar-refractivity contribution in [3.05, 3.63) is 46.2 Å². The van der Waals surface area contributed by atoms with Crippen LogP contribution < -0.4 is 10.6 Å². The molecular formula is C15H17BrN4O. The predicted octanol–water partition coefficient (Wildman–Crippen LogP) is 2.89. The van der Waals surface area contributed by atoms with Crippen LogP contribution in [0.15, 0.2) is 34.8 Å². The van der Waals surface area contributed by atoms with E-state index in [9.17, 15) is 4.79 Å². The van der Waals surface area contributed by atoms with E-state index in [-0.39, 0.29) is 5.91 Å². The third-order valence-corrected chi connectivity index (χ3v) is 4.19. The molecule has 3 rings (SSSR count). The molecule has 0 atom stereocenters. The summed E-state index contributed by atoms with van der Waals surface area (Å²) in [6.45, 7) is 2.03. The van der Waals surface area contributed by atoms with Gasteiger partial charge in [-0.2, -0.15) is 5.10 Å². The fourth-order valence-corrected chi connectivity index (χ4v) is 2.96. The topological polar surface area (TPSA) is 69.8 Å². The van der Waals surface area contributed by atoms with E-state index in [0.717, 1.165) is 41.8 Å². The minimum Gasteiger partial charge on any atom is -0.321 e. The van der Waals surface area contributed by atoms with Crippen molar-refractivity contribution < 1.29 is 4.79 Å². The highest BCUT2D eigenvalue weighted by molar-refractivity contribution is 9.10. The van der Waals surface area contributed by atoms with Crippen LogP contribution in [0, 0.1) is 0 Å². The lowest BCUT2D eigenvalue weighted by Gasteiger charge is -2.20. The van der Waals surface area contributed by atoms with E-state index < -0.39 is 0 Å². The SMILES string of the molecule is O=C(Nc1cccc(Br)c1)c1cc(C2CCNCC2)[nH]n1. The van der Waals surface area contributed by atoms with Crippen LogP contribution in [-0.2, 0) is 0 Å². The van der Waals surface area contributed by atoms with Crippen LogP contribution in [-0.4, -0.2) is 29.2 Å². The first-order valence-electron chi connectivity index (χ1n) is 7.05. The van der Waals surface area contributed by atoms with Crippen LogP contribution >= 0.6 is 15.9 Å². The van der Waals surface area contributed by atoms with Crippen LogP contribution in [0.5, 0.6) is 0 Å². The van der Waals surface area contributed by atoms with Gasteiger partial charge in [0.05, 0.1) is 0 Å². The number of hydrogen-bond donors (Lipinski definition) is 3. The lowest BCUT2D eigenvalue weighted by molar-refractivity contribution is 0.102. The molecule has 110 valence electrons. The van der Waals surface area contributed by atoms with Gasteiger partial charge in [-0.05, 0) is 50.2 Å². The Morgan fingerprint density at radius 2 is 2.10 bits per heavy atom. The van der Waals surface area contributed by atoms with Gasteiger partial charge in [0.25, 0.3) is 5.91 Å². The molecule has 0 radical (unpaired) electrons. The van der Waals surface area contributed by atoms with Crippen molar-refractivity contribution in [2.45, 2.75) is 18.8 Å². The molecule has 0 bridgehead atoms. The number of amides is 1. The van der Waals surface area contributed by atoms with Gasteiger partial charge in [-0.15, -0.1) is 0 Å². The second kappa shape index (κ2) is 6.41. The fraction of sp³-hybridized carbons (Fsp3) is 0.333. The number of anilines is 1. The maximum Gasteiger partial charge on any atom is 0.276 e. The van der Waals surface area contributed by atoms with Crippen LogP contribution in [0.2, 0.25) is 0 Å². The first kappa shape index (κ1) is 14.3. The van der Waals surface area contributed by atoms with E-state index in [2.05, 4.69) is 36.8 Å². The average molecular weight is 349 g/mol. The molecule has 1 amide bonds. The minimum absolute atomic E-state index is 0.190. The van der Waals surface area contributed by atoms with Crippen molar-refractivity contribution in [3.63, 3.8) is 0 Å². The molecule has 21 heavy (non-hydrogen) atoms. The molecule has 2 aromatic rings. The summed E-state index contributed by atoms with van der Waals surface area (Å²) in [7, 11) is 0. The number of H-pyrrole nitrogens is 1. The molecule has 0 saturated carbocycles. The van der Waals surface area contributed by atoms with Gasteiger partial charge in [-0.3, -0.25) is 9.89 Å². The molecule has 1 aromatic heterocycles. The van der Waals surface area contributed by atoms with Gasteiger partial charge in [0.1, 0.15) is 0 Å². The molecule has 2 heterocycles. The van der Waals surface area contributed by atoms with E-state index in [1.807, 2.05) is 30.3 Å². The Kier molecular flexibility index (Phi) is 4.36. The molecular weight excluding hydrogens is 332 g/mol. The number of aromatic amines is 1. The number of hydrogen-bond acceptors (Lipinski definition) is 3. The molecule has 5 nitrogen and oxygen atoms in total. The predicted molar refractivity (Wildman–Crippen MR) is 85.5 cm³/mol. The fourth-order valence-electron chi connectivity index (χ4n) is 2.56. The number of carbonyl (C=O) groups is 1. The molecule has 6 heteroatoms. The summed E-state index contributed by atoms with van der Waals surface area (Å²) < 4.78 is 0.928. The van der Waals surface area contributed by atoms with Gasteiger partial charge in [-0.1, -0.05) is 22.0 Å². The van der Waals surface area contributed by atoms with Crippen LogP contribution in [0.3, 0.4) is 0 Å². The molecule has 0 aliphatic carbocycles. The molecule has 0 spiro atoms. The highest BCUT2D eigenvalue weighted by atomic mass is 79.9. The Morgan fingerprint density at radius 1 is 1.29 bits per heavy atom. The lowest BCUT2D eigenvalue weighted by atomic mass is 9.94. The van der Waals surface area contributed by atoms with E-state index in [1.165, 1.54) is 0 Å². The highest BCUT2D eigenvalue weighted by Gasteiger charge is 2.19. The third kappa shape index (κ3) is 3.51. The second-order valence-corrected chi connectivity index (χ2v) is 6.11. The number of rotatable bonds is 3. The van der Waals surface area contributed by atoms with Crippen LogP contribution in [0.25, 0.3) is 0 Å². The Bertz CT molecular complexity index is 634. The molecule has 1 aliphatic rings. The quantitative estimate of drug-likeness (QED) is 0.798. The van der Waals surface area contributed by atoms with E-state index in [0.29, 0.717) is 11.6 Å². The zero-order valence-corrected chi connectivity index (χ0v) is 13.1. The van der Waals surface area contributed by atoms with Crippen molar-refractivity contribution in [3.8, 4) is 0 Å². The zero-order chi connectivity index (χ0) is 14.7. The zero-order valence-electron chi connectivity index (χ0n) is 11.5. The Morgan fingerprint density at radius 3 is 2.86 bits per heavy atom. The number of benzene rings is 1. The van der Waals surface area contributed by atoms with E-state index >= 15 is 0 Å². The standard InChI is InChI=1S/C15H17BrN4O/c16-11-2-1-3-12(8-11)18-15(21)14-9-13(19-20-14)10-4-6-17-7-5-10/h1-3,8-10,17H,4-7H2,(H,18,21)(H,19,20). The Labute approximate surface area is 131 Å². The van der Waals surface area contributed by atoms with Gasteiger partial charge in [0, 0.05) is 21.8 Å². The summed E-state index contributed by atoms with van der Waals surface area (Å²) >= 11 is 3.39. The largest absolute Gasteiger partial charge is 0.321 e. The van der Waals surface area contributed by atoms with Gasteiger partial charge in [0.2, 0.25) is 0 Å². The summed E-state index contributed by atoms with van der Waals surface area (Å²) in [6, 6.07) is 9.37. The molecule has 1 fully saturated rings. The number of nitrogens with one attached hydrogen (secondary N) is 3. The van der Waals surface area contributed by atoms with Gasteiger partial charge in [0.15, 0.2) is 5.69 Å². The summed E-state index contributed by atoms with van der Waals surface area (Å²) in [4.78, 5) is 12.2. The van der Waals surface area contributed by atoms with Gasteiger partial charge < -0.3 is 10.6 Å². The summed E-state index contributed by atoms with van der Waals surface area (Å²) in [5, 5.41) is 13.3. The van der Waals surface area contributed by atoms with Gasteiger partial charge in [-0.25, -0.2) is 0 Å². The molecule has 1 aliphatic heterocycles. The monoisotopic (exact) mass is 348 g/mol. The van der Waals surface area contributed by atoms with Gasteiger partial charge >= 0.3 is 0 Å². The third-order valence-electron chi connectivity index (χ3n) is 3.69. The first-order valence-corrected chi connectivity index (χ1v) is 7.84. The minimum atomic E-state index is -0.190. The Hall–Kier alpha value is -1.66. The maximum atomic E-state index is 12.2. The number of carbonyl (C=O) groups excluding carboxylic acids is 1. The van der Waals surface area contributed by atoms with Crippen LogP contribution in [0.4, 0.5) is 5.69 Å². The second-order valence-electron chi connectivity index (χ2n) is 5.20. The number of nitrogens with zero attached hydrogens (tertiary/aromatic N) is 1. The van der Waals surface area contributed by atoms with Crippen molar-refractivity contribution >= 4 is 27.5 Å². The van der Waals surface area contributed by atoms with Crippen LogP contribution in [0.1, 0.15) is 34.9 Å². The van der Waals surface area contributed by atoms with E-state index in [4.69, 9.17) is 0 Å². The summed E-state index contributed by atoms with van der Waals surface area (Å²) in [5.74, 6) is 0.274. The summed E-state index contributed by atoms with van der Waals surface area (Å²) in [6.07, 6.45) is 2.16. The van der Waals surface area contributed by atoms with Crippen molar-refractivity contribution in [1.82, 2.24) is 15.5 Å². The first-order chi connectivity index (χ1) is 10.2. The number of aromatic nitrogens is 2. The maximum absolute atomic E-state index is 12.2. The number of halogens is 1. The van der Waals surface area contributed by atoms with Crippen molar-refractivity contribution in [2.24, 2.45) is 0 Å². The lowest BCUT2D eigenvalue weighted by Crippen LogP contribution is -2.26.